The molecular weight excluding hydrogens is 471 g/mol. The van der Waals surface area contributed by atoms with Crippen molar-refractivity contribution in [2.75, 3.05) is 6.61 Å². The number of aryl methyl sites for hydroxylation is 1. The molecule has 0 aliphatic heterocycles. The van der Waals surface area contributed by atoms with Crippen LogP contribution in [-0.2, 0) is 16.1 Å². The van der Waals surface area contributed by atoms with Gasteiger partial charge in [0.1, 0.15) is 11.8 Å². The molecule has 2 atom stereocenters. The van der Waals surface area contributed by atoms with Gasteiger partial charge in [-0.15, -0.1) is 0 Å². The number of rotatable bonds is 10. The van der Waals surface area contributed by atoms with Gasteiger partial charge >= 0.3 is 0 Å². The molecule has 0 aromatic heterocycles. The van der Waals surface area contributed by atoms with Gasteiger partial charge in [-0.2, -0.15) is 0 Å². The van der Waals surface area contributed by atoms with E-state index in [0.717, 1.165) is 12.0 Å². The third kappa shape index (κ3) is 7.29. The first kappa shape index (κ1) is 26.3. The fraction of sp³-hybridized carbons (Fsp3) is 0.417. The molecule has 32 heavy (non-hydrogen) atoms. The number of carbonyl (C=O) groups excluding carboxylic acids is 2. The van der Waals surface area contributed by atoms with Gasteiger partial charge in [0.05, 0.1) is 0 Å². The van der Waals surface area contributed by atoms with Crippen LogP contribution in [0.3, 0.4) is 0 Å². The Morgan fingerprint density at radius 3 is 2.34 bits per heavy atom. The predicted molar refractivity (Wildman–Crippen MR) is 131 cm³/mol. The Kier molecular flexibility index (Phi) is 10.1. The van der Waals surface area contributed by atoms with E-state index in [4.69, 9.17) is 39.5 Å². The highest BCUT2D eigenvalue weighted by atomic mass is 35.5. The summed E-state index contributed by atoms with van der Waals surface area (Å²) in [4.78, 5) is 27.7. The lowest BCUT2D eigenvalue weighted by Gasteiger charge is -2.31. The van der Waals surface area contributed by atoms with E-state index in [-0.39, 0.29) is 31.0 Å². The van der Waals surface area contributed by atoms with Crippen molar-refractivity contribution >= 4 is 46.6 Å². The molecule has 0 bridgehead atoms. The van der Waals surface area contributed by atoms with Crippen LogP contribution >= 0.6 is 34.8 Å². The number of ether oxygens (including phenoxy) is 1. The highest BCUT2D eigenvalue weighted by Gasteiger charge is 2.30. The maximum atomic E-state index is 13.2. The first-order valence-electron chi connectivity index (χ1n) is 10.6. The number of nitrogens with zero attached hydrogens (tertiary/aromatic N) is 1. The predicted octanol–water partition coefficient (Wildman–Crippen LogP) is 6.06. The summed E-state index contributed by atoms with van der Waals surface area (Å²) in [5.74, 6) is -0.000717. The van der Waals surface area contributed by atoms with E-state index in [1.165, 1.54) is 4.90 Å². The molecule has 2 aromatic carbocycles. The Morgan fingerprint density at radius 1 is 1.03 bits per heavy atom. The van der Waals surface area contributed by atoms with Gasteiger partial charge in [-0.25, -0.2) is 0 Å². The molecule has 0 fully saturated rings. The lowest BCUT2D eigenvalue weighted by Crippen LogP contribution is -2.51. The molecule has 0 heterocycles. The van der Waals surface area contributed by atoms with Gasteiger partial charge in [0, 0.05) is 27.7 Å². The largest absolute Gasteiger partial charge is 0.484 e. The average molecular weight is 500 g/mol. The Hall–Kier alpha value is -1.95. The Balaban J connectivity index is 2.26. The van der Waals surface area contributed by atoms with Gasteiger partial charge in [0.15, 0.2) is 6.61 Å². The first-order valence-corrected chi connectivity index (χ1v) is 11.7. The van der Waals surface area contributed by atoms with Crippen LogP contribution in [0.2, 0.25) is 15.1 Å². The van der Waals surface area contributed by atoms with E-state index in [1.807, 2.05) is 27.7 Å². The van der Waals surface area contributed by atoms with Gasteiger partial charge in [0.25, 0.3) is 5.91 Å². The fourth-order valence-corrected chi connectivity index (χ4v) is 3.71. The molecule has 0 aliphatic rings. The number of nitrogens with one attached hydrogen (secondary N) is 1. The van der Waals surface area contributed by atoms with Crippen LogP contribution in [0.15, 0.2) is 36.4 Å². The molecule has 0 saturated carbocycles. The maximum absolute atomic E-state index is 13.2. The van der Waals surface area contributed by atoms with Crippen molar-refractivity contribution in [3.05, 3.63) is 62.6 Å². The smallest absolute Gasteiger partial charge is 0.261 e. The minimum atomic E-state index is -0.668. The van der Waals surface area contributed by atoms with Crippen LogP contribution in [0.4, 0.5) is 0 Å². The van der Waals surface area contributed by atoms with Gasteiger partial charge < -0.3 is 15.0 Å². The van der Waals surface area contributed by atoms with Crippen molar-refractivity contribution in [1.82, 2.24) is 10.2 Å². The maximum Gasteiger partial charge on any atom is 0.261 e. The third-order valence-electron chi connectivity index (χ3n) is 5.23. The number of hydrogen-bond acceptors (Lipinski definition) is 3. The highest BCUT2D eigenvalue weighted by Crippen LogP contribution is 2.25. The van der Waals surface area contributed by atoms with Crippen LogP contribution in [0.25, 0.3) is 0 Å². The minimum absolute atomic E-state index is 0.000847. The molecule has 0 aliphatic carbocycles. The van der Waals surface area contributed by atoms with Crippen molar-refractivity contribution in [2.24, 2.45) is 0 Å². The summed E-state index contributed by atoms with van der Waals surface area (Å²) in [5.41, 5.74) is 1.54. The van der Waals surface area contributed by atoms with Crippen LogP contribution in [0.1, 0.15) is 44.7 Å². The summed E-state index contributed by atoms with van der Waals surface area (Å²) in [6.07, 6.45) is 1.23. The third-order valence-corrected chi connectivity index (χ3v) is 6.25. The van der Waals surface area contributed by atoms with Crippen molar-refractivity contribution in [3.8, 4) is 5.75 Å². The van der Waals surface area contributed by atoms with Crippen molar-refractivity contribution in [2.45, 2.75) is 59.2 Å². The SMILES string of the molecule is CC[C@@H](C)NC(=O)[C@@H](CC)N(Cc1ccc(Cl)cc1Cl)C(=O)COc1ccc(Cl)c(C)c1. The molecular formula is C24H29Cl3N2O3. The van der Waals surface area contributed by atoms with E-state index in [1.54, 1.807) is 36.4 Å². The van der Waals surface area contributed by atoms with E-state index >= 15 is 0 Å². The first-order chi connectivity index (χ1) is 15.2. The second-order valence-corrected chi connectivity index (χ2v) is 8.95. The lowest BCUT2D eigenvalue weighted by molar-refractivity contribution is -0.143. The van der Waals surface area contributed by atoms with Gasteiger partial charge in [-0.05, 0) is 68.1 Å². The zero-order valence-electron chi connectivity index (χ0n) is 18.8. The van der Waals surface area contributed by atoms with Crippen LogP contribution in [-0.4, -0.2) is 35.4 Å². The Labute approximate surface area is 205 Å². The van der Waals surface area contributed by atoms with Crippen LogP contribution < -0.4 is 10.1 Å². The number of benzene rings is 2. The van der Waals surface area contributed by atoms with E-state index in [2.05, 4.69) is 5.32 Å². The summed E-state index contributed by atoms with van der Waals surface area (Å²) in [5, 5.41) is 4.52. The highest BCUT2D eigenvalue weighted by molar-refractivity contribution is 6.35. The molecule has 2 rings (SSSR count). The normalized spacial score (nSPS) is 12.7. The molecule has 0 saturated heterocycles. The fourth-order valence-electron chi connectivity index (χ4n) is 3.13. The minimum Gasteiger partial charge on any atom is -0.484 e. The number of amides is 2. The summed E-state index contributed by atoms with van der Waals surface area (Å²) in [6.45, 7) is 7.58. The number of hydrogen-bond donors (Lipinski definition) is 1. The van der Waals surface area contributed by atoms with Crippen molar-refractivity contribution in [1.29, 1.82) is 0 Å². The molecule has 0 radical (unpaired) electrons. The summed E-state index contributed by atoms with van der Waals surface area (Å²) in [6, 6.07) is 9.61. The van der Waals surface area contributed by atoms with Crippen LogP contribution in [0.5, 0.6) is 5.75 Å². The lowest BCUT2D eigenvalue weighted by atomic mass is 10.1. The van der Waals surface area contributed by atoms with Gasteiger partial charge in [-0.3, -0.25) is 9.59 Å². The Morgan fingerprint density at radius 2 is 1.75 bits per heavy atom. The molecule has 5 nitrogen and oxygen atoms in total. The Bertz CT molecular complexity index is 952. The summed E-state index contributed by atoms with van der Waals surface area (Å²) < 4.78 is 5.71. The topological polar surface area (TPSA) is 58.6 Å². The van der Waals surface area contributed by atoms with Gasteiger partial charge in [-0.1, -0.05) is 54.7 Å². The van der Waals surface area contributed by atoms with Crippen LogP contribution in [0, 0.1) is 6.92 Å². The molecule has 2 aromatic rings. The standard InChI is InChI=1S/C24H29Cl3N2O3/c1-5-16(4)28-24(31)22(6-2)29(13-17-7-8-18(25)12-21(17)27)23(30)14-32-19-9-10-20(26)15(3)11-19/h7-12,16,22H,5-6,13-14H2,1-4H3,(H,28,31)/t16-,22-/m1/s1. The van der Waals surface area contributed by atoms with E-state index < -0.39 is 6.04 Å². The molecule has 0 unspecified atom stereocenters. The average Bonchev–Trinajstić information content (AvgIpc) is 2.75. The summed E-state index contributed by atoms with van der Waals surface area (Å²) in [7, 11) is 0. The zero-order valence-corrected chi connectivity index (χ0v) is 21.0. The van der Waals surface area contributed by atoms with E-state index in [0.29, 0.717) is 32.8 Å². The quantitative estimate of drug-likeness (QED) is 0.432. The number of carbonyl (C=O) groups is 2. The van der Waals surface area contributed by atoms with E-state index in [9.17, 15) is 9.59 Å². The monoisotopic (exact) mass is 498 g/mol. The second-order valence-electron chi connectivity index (χ2n) is 7.70. The van der Waals surface area contributed by atoms with Gasteiger partial charge in [0.2, 0.25) is 5.91 Å². The molecule has 0 spiro atoms. The summed E-state index contributed by atoms with van der Waals surface area (Å²) >= 11 is 18.4. The molecule has 174 valence electrons. The zero-order chi connectivity index (χ0) is 23.8. The molecule has 1 N–H and O–H groups in total. The van der Waals surface area contributed by atoms with Crippen molar-refractivity contribution < 1.29 is 14.3 Å². The molecule has 8 heteroatoms. The second kappa shape index (κ2) is 12.3. The number of halogens is 3. The van der Waals surface area contributed by atoms with Crippen molar-refractivity contribution in [3.63, 3.8) is 0 Å². The molecule has 2 amide bonds.